The highest BCUT2D eigenvalue weighted by molar-refractivity contribution is 6.07. The number of rotatable bonds is 5. The molecule has 0 bridgehead atoms. The average molecular weight is 358 g/mol. The molecular weight excluding hydrogens is 340 g/mol. The van der Waals surface area contributed by atoms with E-state index in [0.717, 1.165) is 33.0 Å². The first kappa shape index (κ1) is 16.8. The molecule has 0 atom stereocenters. The van der Waals surface area contributed by atoms with E-state index < -0.39 is 5.97 Å². The second-order valence-corrected chi connectivity index (χ2v) is 6.46. The number of fused-ring (bicyclic) bond motifs is 3. The van der Waals surface area contributed by atoms with Gasteiger partial charge in [0.1, 0.15) is 5.52 Å². The molecule has 4 aromatic rings. The van der Waals surface area contributed by atoms with Crippen molar-refractivity contribution in [2.45, 2.75) is 12.8 Å². The van der Waals surface area contributed by atoms with E-state index in [-0.39, 0.29) is 12.0 Å². The maximum absolute atomic E-state index is 12.3. The number of carbonyl (C=O) groups is 1. The molecule has 0 unspecified atom stereocenters. The molecule has 3 N–H and O–H groups in total. The van der Waals surface area contributed by atoms with E-state index in [2.05, 4.69) is 9.97 Å². The van der Waals surface area contributed by atoms with Gasteiger partial charge in [-0.15, -0.1) is 0 Å². The van der Waals surface area contributed by atoms with Crippen LogP contribution >= 0.6 is 0 Å². The van der Waals surface area contributed by atoms with Gasteiger partial charge in [-0.1, -0.05) is 48.6 Å². The van der Waals surface area contributed by atoms with E-state index >= 15 is 0 Å². The van der Waals surface area contributed by atoms with Crippen molar-refractivity contribution in [3.63, 3.8) is 0 Å². The monoisotopic (exact) mass is 358 g/mol. The van der Waals surface area contributed by atoms with Gasteiger partial charge in [0.05, 0.1) is 0 Å². The van der Waals surface area contributed by atoms with Gasteiger partial charge in [-0.25, -0.2) is 0 Å². The molecule has 5 heteroatoms. The number of pyridine rings is 1. The zero-order chi connectivity index (χ0) is 18.8. The second kappa shape index (κ2) is 6.96. The van der Waals surface area contributed by atoms with Gasteiger partial charge in [-0.2, -0.15) is 0 Å². The van der Waals surface area contributed by atoms with Crippen LogP contribution in [-0.4, -0.2) is 21.0 Å². The van der Waals surface area contributed by atoms with Crippen LogP contribution in [-0.2, 0) is 11.2 Å². The summed E-state index contributed by atoms with van der Waals surface area (Å²) in [6, 6.07) is 15.9. The Bertz CT molecular complexity index is 1220. The topological polar surface area (TPSA) is 85.9 Å². The van der Waals surface area contributed by atoms with Gasteiger partial charge in [0, 0.05) is 28.9 Å². The zero-order valence-electron chi connectivity index (χ0n) is 14.5. The Kier molecular flexibility index (Phi) is 4.34. The molecule has 0 saturated carbocycles. The van der Waals surface area contributed by atoms with Crippen molar-refractivity contribution >= 4 is 39.9 Å². The van der Waals surface area contributed by atoms with E-state index in [0.29, 0.717) is 11.9 Å². The zero-order valence-corrected chi connectivity index (χ0v) is 14.5. The molecule has 2 aromatic carbocycles. The smallest absolute Gasteiger partial charge is 0.303 e. The van der Waals surface area contributed by atoms with Crippen LogP contribution < -0.4 is 5.56 Å². The lowest BCUT2D eigenvalue weighted by molar-refractivity contribution is -0.136. The molecule has 0 aliphatic carbocycles. The summed E-state index contributed by atoms with van der Waals surface area (Å²) >= 11 is 0. The minimum Gasteiger partial charge on any atom is -0.481 e. The number of benzene rings is 2. The number of hydrogen-bond donors (Lipinski definition) is 3. The lowest BCUT2D eigenvalue weighted by Gasteiger charge is -2.04. The number of aromatic amines is 2. The normalized spacial score (nSPS) is 11.6. The maximum Gasteiger partial charge on any atom is 0.303 e. The van der Waals surface area contributed by atoms with Gasteiger partial charge in [-0.3, -0.25) is 9.59 Å². The van der Waals surface area contributed by atoms with Crippen molar-refractivity contribution in [2.75, 3.05) is 0 Å². The van der Waals surface area contributed by atoms with Gasteiger partial charge in [0.15, 0.2) is 0 Å². The van der Waals surface area contributed by atoms with Crippen LogP contribution in [0.15, 0.2) is 59.5 Å². The Labute approximate surface area is 155 Å². The van der Waals surface area contributed by atoms with Gasteiger partial charge < -0.3 is 15.1 Å². The molecular formula is C22H18N2O3. The van der Waals surface area contributed by atoms with Crippen LogP contribution in [0, 0.1) is 0 Å². The number of carboxylic acid groups (broad SMARTS) is 1. The van der Waals surface area contributed by atoms with Gasteiger partial charge in [0.2, 0.25) is 0 Å². The lowest BCUT2D eigenvalue weighted by Crippen LogP contribution is -2.06. The number of aromatic nitrogens is 2. The van der Waals surface area contributed by atoms with Crippen LogP contribution in [0.5, 0.6) is 0 Å². The van der Waals surface area contributed by atoms with Crippen LogP contribution in [0.3, 0.4) is 0 Å². The first-order valence-corrected chi connectivity index (χ1v) is 8.73. The Balaban J connectivity index is 1.83. The number of aryl methyl sites for hydroxylation is 1. The Morgan fingerprint density at radius 3 is 2.59 bits per heavy atom. The Morgan fingerprint density at radius 1 is 1.04 bits per heavy atom. The highest BCUT2D eigenvalue weighted by atomic mass is 16.4. The maximum atomic E-state index is 12.3. The molecule has 4 rings (SSSR count). The summed E-state index contributed by atoms with van der Waals surface area (Å²) in [6.45, 7) is 0. The van der Waals surface area contributed by atoms with Crippen LogP contribution in [0.2, 0.25) is 0 Å². The minimum atomic E-state index is -0.857. The largest absolute Gasteiger partial charge is 0.481 e. The summed E-state index contributed by atoms with van der Waals surface area (Å²) < 4.78 is 0. The number of H-pyrrole nitrogens is 2. The van der Waals surface area contributed by atoms with Gasteiger partial charge in [0.25, 0.3) is 5.56 Å². The van der Waals surface area contributed by atoms with E-state index in [1.807, 2.05) is 60.7 Å². The van der Waals surface area contributed by atoms with E-state index in [1.165, 1.54) is 0 Å². The highest BCUT2D eigenvalue weighted by Crippen LogP contribution is 2.27. The average Bonchev–Trinajstić information content (AvgIpc) is 3.11. The molecule has 0 radical (unpaired) electrons. The van der Waals surface area contributed by atoms with Crippen molar-refractivity contribution < 1.29 is 9.90 Å². The minimum absolute atomic E-state index is 0.0227. The molecule has 0 saturated heterocycles. The summed E-state index contributed by atoms with van der Waals surface area (Å²) in [5.41, 5.74) is 3.96. The third-order valence-electron chi connectivity index (χ3n) is 4.63. The fraction of sp³-hybridized carbons (Fsp3) is 0.0909. The molecule has 134 valence electrons. The first-order chi connectivity index (χ1) is 13.1. The summed E-state index contributed by atoms with van der Waals surface area (Å²) in [6.07, 6.45) is 6.18. The molecule has 2 aromatic heterocycles. The Morgan fingerprint density at radius 2 is 1.81 bits per heavy atom. The highest BCUT2D eigenvalue weighted by Gasteiger charge is 2.13. The van der Waals surface area contributed by atoms with Crippen LogP contribution in [0.25, 0.3) is 34.0 Å². The van der Waals surface area contributed by atoms with E-state index in [9.17, 15) is 9.59 Å². The van der Waals surface area contributed by atoms with Crippen molar-refractivity contribution in [2.24, 2.45) is 0 Å². The van der Waals surface area contributed by atoms with E-state index in [4.69, 9.17) is 5.11 Å². The molecule has 0 amide bonds. The fourth-order valence-corrected chi connectivity index (χ4v) is 3.31. The van der Waals surface area contributed by atoms with E-state index in [1.54, 1.807) is 6.20 Å². The van der Waals surface area contributed by atoms with Gasteiger partial charge >= 0.3 is 5.97 Å². The number of carboxylic acids is 1. The fourth-order valence-electron chi connectivity index (χ4n) is 3.31. The molecule has 5 nitrogen and oxygen atoms in total. The lowest BCUT2D eigenvalue weighted by atomic mass is 10.0. The van der Waals surface area contributed by atoms with Crippen molar-refractivity contribution in [1.82, 2.24) is 9.97 Å². The third-order valence-corrected chi connectivity index (χ3v) is 4.63. The quantitative estimate of drug-likeness (QED) is 0.467. The van der Waals surface area contributed by atoms with Crippen molar-refractivity contribution in [3.05, 3.63) is 81.8 Å². The SMILES string of the molecule is O=C(O)CCc1c[nH]c2c(=O)[nH]c3ccc(C=Cc4ccccc4)cc3c12. The molecule has 0 aliphatic rings. The van der Waals surface area contributed by atoms with Crippen molar-refractivity contribution in [3.8, 4) is 0 Å². The third kappa shape index (κ3) is 3.40. The summed E-state index contributed by atoms with van der Waals surface area (Å²) in [7, 11) is 0. The molecule has 0 spiro atoms. The van der Waals surface area contributed by atoms with Crippen LogP contribution in [0.4, 0.5) is 0 Å². The van der Waals surface area contributed by atoms with Crippen molar-refractivity contribution in [1.29, 1.82) is 0 Å². The first-order valence-electron chi connectivity index (χ1n) is 8.73. The number of nitrogens with one attached hydrogen (secondary N) is 2. The standard InChI is InChI=1S/C22H18N2O3/c25-19(26)11-9-16-13-23-21-20(16)17-12-15(8-10-18(17)24-22(21)27)7-6-14-4-2-1-3-5-14/h1-8,10,12-13,23H,9,11H2,(H,24,27)(H,25,26). The molecule has 2 heterocycles. The summed E-state index contributed by atoms with van der Waals surface area (Å²) in [4.78, 5) is 29.2. The number of aliphatic carboxylic acids is 1. The second-order valence-electron chi connectivity index (χ2n) is 6.46. The summed E-state index contributed by atoms with van der Waals surface area (Å²) in [5.74, 6) is -0.857. The van der Waals surface area contributed by atoms with Crippen LogP contribution in [0.1, 0.15) is 23.1 Å². The predicted octanol–water partition coefficient (Wildman–Crippen LogP) is 4.20. The number of hydrogen-bond acceptors (Lipinski definition) is 2. The predicted molar refractivity (Wildman–Crippen MR) is 108 cm³/mol. The summed E-state index contributed by atoms with van der Waals surface area (Å²) in [5, 5.41) is 10.7. The van der Waals surface area contributed by atoms with Gasteiger partial charge in [-0.05, 0) is 35.2 Å². The molecule has 27 heavy (non-hydrogen) atoms. The molecule has 0 fully saturated rings. The molecule has 0 aliphatic heterocycles. The Hall–Kier alpha value is -3.60.